The van der Waals surface area contributed by atoms with E-state index < -0.39 is 0 Å². The summed E-state index contributed by atoms with van der Waals surface area (Å²) in [5.41, 5.74) is 0.521. The van der Waals surface area contributed by atoms with Crippen molar-refractivity contribution in [2.75, 3.05) is 25.5 Å². The van der Waals surface area contributed by atoms with Gasteiger partial charge >= 0.3 is 0 Å². The number of carbonyl (C=O) groups excluding carboxylic acids is 1. The predicted octanol–water partition coefficient (Wildman–Crippen LogP) is 2.09. The smallest absolute Gasteiger partial charge is 0.272 e. The first-order valence-electron chi connectivity index (χ1n) is 6.19. The molecule has 1 N–H and O–H groups in total. The van der Waals surface area contributed by atoms with Crippen LogP contribution in [0.3, 0.4) is 0 Å². The number of thioether (sulfide) groups is 1. The van der Waals surface area contributed by atoms with Crippen LogP contribution in [-0.2, 0) is 0 Å². The van der Waals surface area contributed by atoms with Crippen molar-refractivity contribution in [1.82, 2.24) is 9.88 Å². The number of carbonyl (C=O) groups is 1. The molecule has 1 aromatic heterocycles. The van der Waals surface area contributed by atoms with Crippen LogP contribution < -0.4 is 5.32 Å². The third-order valence-corrected chi connectivity index (χ3v) is 4.16. The molecule has 2 atom stereocenters. The molecule has 0 bridgehead atoms. The van der Waals surface area contributed by atoms with Gasteiger partial charge in [-0.15, -0.1) is 0 Å². The Morgan fingerprint density at radius 2 is 2.06 bits per heavy atom. The van der Waals surface area contributed by atoms with Crippen molar-refractivity contribution in [3.63, 3.8) is 0 Å². The lowest BCUT2D eigenvalue weighted by molar-refractivity contribution is 0.0747. The number of hydrogen-bond donors (Lipinski definition) is 1. The van der Waals surface area contributed by atoms with Crippen LogP contribution in [-0.4, -0.2) is 46.4 Å². The van der Waals surface area contributed by atoms with Crippen LogP contribution in [0, 0.1) is 0 Å². The second-order valence-corrected chi connectivity index (χ2v) is 6.51. The highest BCUT2D eigenvalue weighted by atomic mass is 32.2. The van der Waals surface area contributed by atoms with Gasteiger partial charge in [0, 0.05) is 30.6 Å². The number of amides is 1. The third-order valence-electron chi connectivity index (χ3n) is 2.93. The summed E-state index contributed by atoms with van der Waals surface area (Å²) < 4.78 is 0. The maximum absolute atomic E-state index is 12.4. The molecule has 0 saturated carbocycles. The van der Waals surface area contributed by atoms with Crippen molar-refractivity contribution in [3.8, 4) is 0 Å². The molecule has 0 radical (unpaired) electrons. The molecule has 0 aromatic carbocycles. The van der Waals surface area contributed by atoms with Crippen LogP contribution in [0.15, 0.2) is 18.2 Å². The number of rotatable bonds is 2. The topological polar surface area (TPSA) is 45.2 Å². The number of nitrogens with zero attached hydrogens (tertiary/aromatic N) is 2. The van der Waals surface area contributed by atoms with E-state index in [4.69, 9.17) is 0 Å². The van der Waals surface area contributed by atoms with Gasteiger partial charge in [0.05, 0.1) is 0 Å². The largest absolute Gasteiger partial charge is 0.373 e. The van der Waals surface area contributed by atoms with Gasteiger partial charge in [-0.1, -0.05) is 19.9 Å². The molecule has 2 unspecified atom stereocenters. The van der Waals surface area contributed by atoms with E-state index in [1.165, 1.54) is 0 Å². The fourth-order valence-corrected chi connectivity index (χ4v) is 3.52. The van der Waals surface area contributed by atoms with Gasteiger partial charge in [-0.25, -0.2) is 4.98 Å². The second kappa shape index (κ2) is 5.61. The predicted molar refractivity (Wildman–Crippen MR) is 76.2 cm³/mol. The Morgan fingerprint density at radius 3 is 2.67 bits per heavy atom. The molecule has 1 aromatic rings. The Bertz CT molecular complexity index is 428. The molecule has 98 valence electrons. The summed E-state index contributed by atoms with van der Waals surface area (Å²) in [4.78, 5) is 18.6. The second-order valence-electron chi connectivity index (χ2n) is 4.63. The summed E-state index contributed by atoms with van der Waals surface area (Å²) in [5, 5.41) is 3.94. The number of aromatic nitrogens is 1. The Kier molecular flexibility index (Phi) is 4.11. The Balaban J connectivity index is 2.14. The zero-order chi connectivity index (χ0) is 13.1. The van der Waals surface area contributed by atoms with E-state index in [1.54, 1.807) is 13.1 Å². The molecule has 1 aliphatic rings. The van der Waals surface area contributed by atoms with Gasteiger partial charge in [0.25, 0.3) is 5.91 Å². The lowest BCUT2D eigenvalue weighted by atomic mass is 10.2. The van der Waals surface area contributed by atoms with E-state index in [-0.39, 0.29) is 5.91 Å². The molecule has 2 rings (SSSR count). The normalized spacial score (nSPS) is 23.8. The molecule has 5 heteroatoms. The molecule has 0 spiro atoms. The first-order valence-corrected chi connectivity index (χ1v) is 7.14. The molecule has 1 saturated heterocycles. The number of hydrogen-bond acceptors (Lipinski definition) is 4. The Morgan fingerprint density at radius 1 is 1.39 bits per heavy atom. The van der Waals surface area contributed by atoms with Crippen molar-refractivity contribution >= 4 is 23.5 Å². The molecule has 1 fully saturated rings. The summed E-state index contributed by atoms with van der Waals surface area (Å²) >= 11 is 1.94. The van der Waals surface area contributed by atoms with Crippen molar-refractivity contribution in [2.45, 2.75) is 24.3 Å². The van der Waals surface area contributed by atoms with E-state index >= 15 is 0 Å². The lowest BCUT2D eigenvalue weighted by Gasteiger charge is -2.34. The lowest BCUT2D eigenvalue weighted by Crippen LogP contribution is -2.44. The van der Waals surface area contributed by atoms with Gasteiger partial charge in [0.2, 0.25) is 0 Å². The van der Waals surface area contributed by atoms with Gasteiger partial charge in [-0.3, -0.25) is 4.79 Å². The van der Waals surface area contributed by atoms with Crippen molar-refractivity contribution in [3.05, 3.63) is 23.9 Å². The minimum atomic E-state index is 0.0334. The van der Waals surface area contributed by atoms with Crippen LogP contribution in [0.1, 0.15) is 24.3 Å². The van der Waals surface area contributed by atoms with Gasteiger partial charge in [-0.2, -0.15) is 11.8 Å². The molecule has 1 amide bonds. The van der Waals surface area contributed by atoms with E-state index in [1.807, 2.05) is 28.8 Å². The summed E-state index contributed by atoms with van der Waals surface area (Å²) in [6.45, 7) is 5.94. The highest BCUT2D eigenvalue weighted by molar-refractivity contribution is 8.00. The van der Waals surface area contributed by atoms with Gasteiger partial charge < -0.3 is 10.2 Å². The minimum Gasteiger partial charge on any atom is -0.373 e. The molecule has 4 nitrogen and oxygen atoms in total. The van der Waals surface area contributed by atoms with Gasteiger partial charge in [0.1, 0.15) is 11.5 Å². The van der Waals surface area contributed by atoms with E-state index in [0.717, 1.165) is 18.9 Å². The van der Waals surface area contributed by atoms with Gasteiger partial charge in [0.15, 0.2) is 0 Å². The average molecular weight is 265 g/mol. The maximum atomic E-state index is 12.4. The standard InChI is InChI=1S/C13H19N3OS/c1-9-7-16(8-10(2)18-9)13(17)11-5-4-6-12(14-3)15-11/h4-6,9-10H,7-8H2,1-3H3,(H,14,15). The van der Waals surface area contributed by atoms with Crippen LogP contribution in [0.5, 0.6) is 0 Å². The van der Waals surface area contributed by atoms with Crippen molar-refractivity contribution in [2.24, 2.45) is 0 Å². The Labute approximate surface area is 112 Å². The molecular formula is C13H19N3OS. The summed E-state index contributed by atoms with van der Waals surface area (Å²) in [7, 11) is 1.80. The van der Waals surface area contributed by atoms with E-state index in [0.29, 0.717) is 16.2 Å². The quantitative estimate of drug-likeness (QED) is 0.889. The molecular weight excluding hydrogens is 246 g/mol. The van der Waals surface area contributed by atoms with E-state index in [9.17, 15) is 4.79 Å². The zero-order valence-corrected chi connectivity index (χ0v) is 11.8. The SMILES string of the molecule is CNc1cccc(C(=O)N2CC(C)SC(C)C2)n1. The number of anilines is 1. The molecule has 0 aliphatic carbocycles. The fourth-order valence-electron chi connectivity index (χ4n) is 2.20. The van der Waals surface area contributed by atoms with Crippen molar-refractivity contribution in [1.29, 1.82) is 0 Å². The number of nitrogens with one attached hydrogen (secondary N) is 1. The average Bonchev–Trinajstić information content (AvgIpc) is 2.37. The van der Waals surface area contributed by atoms with Gasteiger partial charge in [-0.05, 0) is 12.1 Å². The van der Waals surface area contributed by atoms with Crippen LogP contribution in [0.4, 0.5) is 5.82 Å². The highest BCUT2D eigenvalue weighted by Gasteiger charge is 2.27. The molecule has 18 heavy (non-hydrogen) atoms. The summed E-state index contributed by atoms with van der Waals surface area (Å²) in [6, 6.07) is 5.49. The zero-order valence-electron chi connectivity index (χ0n) is 11.0. The third kappa shape index (κ3) is 2.96. The Hall–Kier alpha value is -1.23. The summed E-state index contributed by atoms with van der Waals surface area (Å²) in [6.07, 6.45) is 0. The maximum Gasteiger partial charge on any atom is 0.272 e. The van der Waals surface area contributed by atoms with Crippen LogP contribution >= 0.6 is 11.8 Å². The number of pyridine rings is 1. The minimum absolute atomic E-state index is 0.0334. The van der Waals surface area contributed by atoms with E-state index in [2.05, 4.69) is 24.1 Å². The molecule has 1 aliphatic heterocycles. The highest BCUT2D eigenvalue weighted by Crippen LogP contribution is 2.25. The van der Waals surface area contributed by atoms with Crippen LogP contribution in [0.25, 0.3) is 0 Å². The summed E-state index contributed by atoms with van der Waals surface area (Å²) in [5.74, 6) is 0.763. The molecule has 2 heterocycles. The van der Waals surface area contributed by atoms with Crippen LogP contribution in [0.2, 0.25) is 0 Å². The monoisotopic (exact) mass is 265 g/mol. The first-order chi connectivity index (χ1) is 8.60. The first kappa shape index (κ1) is 13.2. The van der Waals surface area contributed by atoms with Crippen molar-refractivity contribution < 1.29 is 4.79 Å². The fraction of sp³-hybridized carbons (Fsp3) is 0.538.